The van der Waals surface area contributed by atoms with Crippen LogP contribution in [0.3, 0.4) is 0 Å². The van der Waals surface area contributed by atoms with Crippen molar-refractivity contribution in [3.8, 4) is 16.9 Å². The number of phenolic OH excluding ortho intramolecular Hbond substituents is 1. The summed E-state index contributed by atoms with van der Waals surface area (Å²) >= 11 is 0. The second-order valence-corrected chi connectivity index (χ2v) is 9.69. The minimum Gasteiger partial charge on any atom is -0.508 e. The average molecular weight is 495 g/mol. The summed E-state index contributed by atoms with van der Waals surface area (Å²) in [6.45, 7) is 0. The van der Waals surface area contributed by atoms with Gasteiger partial charge in [-0.25, -0.2) is 0 Å². The van der Waals surface area contributed by atoms with Crippen LogP contribution in [-0.4, -0.2) is 68.5 Å². The van der Waals surface area contributed by atoms with Gasteiger partial charge in [-0.1, -0.05) is 0 Å². The van der Waals surface area contributed by atoms with Gasteiger partial charge in [0.05, 0.1) is 29.8 Å². The van der Waals surface area contributed by atoms with E-state index in [2.05, 4.69) is 0 Å². The standard InChI is InChI=1S/C25H25N3O8/c1-28(2)18-13-6-10-5-12-11(9-3-4-36-8-9)7-14(26)19(29)16(12)20(30)15(10)22(32)25(13,35)23(33)17(21(18)31)24(27)34/h3-4,7-8,10,13,18,29-30,33,35H,5-6,26H2,1-2H3,(H2,27,34)/t10-,13-,18-,25-/m0/s1. The molecule has 1 amide bonds. The predicted octanol–water partition coefficient (Wildman–Crippen LogP) is 0.806. The Morgan fingerprint density at radius 2 is 1.92 bits per heavy atom. The number of nitrogens with zero attached hydrogens (tertiary/aromatic N) is 1. The number of anilines is 1. The highest BCUT2D eigenvalue weighted by Gasteiger charge is 2.64. The number of fused-ring (bicyclic) bond motifs is 3. The lowest BCUT2D eigenvalue weighted by Gasteiger charge is -2.50. The molecule has 0 bridgehead atoms. The molecule has 0 spiro atoms. The SMILES string of the molecule is CN(C)[C@@H]1C(=O)C(C(N)=O)=C(O)[C@@]2(O)C(=O)C3=C(O)c4c(O)c(N)cc(-c5ccoc5)c4C[C@H]3C[C@@H]12. The van der Waals surface area contributed by atoms with Crippen LogP contribution in [-0.2, 0) is 20.8 Å². The molecular weight excluding hydrogens is 470 g/mol. The number of hydrogen-bond acceptors (Lipinski definition) is 10. The summed E-state index contributed by atoms with van der Waals surface area (Å²) in [5.41, 5.74) is 9.15. The predicted molar refractivity (Wildman–Crippen MR) is 126 cm³/mol. The molecule has 188 valence electrons. The molecule has 2 aromatic rings. The number of aromatic hydroxyl groups is 1. The Kier molecular flexibility index (Phi) is 5.06. The van der Waals surface area contributed by atoms with E-state index in [0.717, 1.165) is 0 Å². The van der Waals surface area contributed by atoms with E-state index in [0.29, 0.717) is 16.7 Å². The van der Waals surface area contributed by atoms with Gasteiger partial charge in [0.25, 0.3) is 5.91 Å². The van der Waals surface area contributed by atoms with Crippen LogP contribution < -0.4 is 11.5 Å². The zero-order valence-electron chi connectivity index (χ0n) is 19.5. The highest BCUT2D eigenvalue weighted by molar-refractivity contribution is 6.24. The molecule has 1 saturated carbocycles. The van der Waals surface area contributed by atoms with Gasteiger partial charge in [-0.05, 0) is 56.1 Å². The molecule has 0 aliphatic heterocycles. The van der Waals surface area contributed by atoms with Crippen molar-refractivity contribution in [3.63, 3.8) is 0 Å². The third-order valence-corrected chi connectivity index (χ3v) is 7.58. The van der Waals surface area contributed by atoms with Gasteiger partial charge in [0.2, 0.25) is 5.78 Å². The molecule has 1 fully saturated rings. The van der Waals surface area contributed by atoms with Crippen LogP contribution in [0.4, 0.5) is 5.69 Å². The summed E-state index contributed by atoms with van der Waals surface area (Å²) in [4.78, 5) is 40.5. The first-order valence-corrected chi connectivity index (χ1v) is 11.2. The molecule has 36 heavy (non-hydrogen) atoms. The van der Waals surface area contributed by atoms with Gasteiger partial charge in [0.15, 0.2) is 11.4 Å². The molecule has 3 aliphatic carbocycles. The number of nitrogens with two attached hydrogens (primary N) is 2. The Bertz CT molecular complexity index is 1400. The van der Waals surface area contributed by atoms with Crippen LogP contribution in [0.15, 0.2) is 46.0 Å². The maximum absolute atomic E-state index is 13.8. The Labute approximate surface area is 204 Å². The first-order chi connectivity index (χ1) is 16.9. The van der Waals surface area contributed by atoms with Crippen molar-refractivity contribution in [2.24, 2.45) is 17.6 Å². The van der Waals surface area contributed by atoms with E-state index in [1.807, 2.05) is 0 Å². The number of furan rings is 1. The maximum Gasteiger partial charge on any atom is 0.255 e. The topological polar surface area (TPSA) is 201 Å². The van der Waals surface area contributed by atoms with Gasteiger partial charge in [-0.15, -0.1) is 0 Å². The van der Waals surface area contributed by atoms with E-state index in [4.69, 9.17) is 15.9 Å². The highest BCUT2D eigenvalue weighted by atomic mass is 16.3. The van der Waals surface area contributed by atoms with Crippen LogP contribution in [0.1, 0.15) is 17.5 Å². The van der Waals surface area contributed by atoms with E-state index in [1.165, 1.54) is 17.4 Å². The second-order valence-electron chi connectivity index (χ2n) is 9.69. The molecular formula is C25H25N3O8. The third-order valence-electron chi connectivity index (χ3n) is 7.58. The summed E-state index contributed by atoms with van der Waals surface area (Å²) in [6, 6.07) is 2.08. The van der Waals surface area contributed by atoms with Gasteiger partial charge < -0.3 is 36.3 Å². The number of carbonyl (C=O) groups excluding carboxylic acids is 3. The van der Waals surface area contributed by atoms with E-state index >= 15 is 0 Å². The third kappa shape index (κ3) is 2.90. The average Bonchev–Trinajstić information content (AvgIpc) is 3.33. The molecule has 11 heteroatoms. The fourth-order valence-electron chi connectivity index (χ4n) is 6.01. The van der Waals surface area contributed by atoms with Crippen LogP contribution in [0.5, 0.6) is 5.75 Å². The lowest BCUT2D eigenvalue weighted by atomic mass is 9.57. The number of amides is 1. The molecule has 0 radical (unpaired) electrons. The lowest BCUT2D eigenvalue weighted by molar-refractivity contribution is -0.153. The zero-order chi connectivity index (χ0) is 26.3. The molecule has 8 N–H and O–H groups in total. The molecule has 3 aliphatic rings. The van der Waals surface area contributed by atoms with E-state index in [-0.39, 0.29) is 29.7 Å². The highest BCUT2D eigenvalue weighted by Crippen LogP contribution is 2.54. The number of carbonyl (C=O) groups is 3. The molecule has 1 heterocycles. The van der Waals surface area contributed by atoms with Crippen molar-refractivity contribution in [3.05, 3.63) is 52.7 Å². The number of rotatable bonds is 3. The Balaban J connectivity index is 1.77. The van der Waals surface area contributed by atoms with Crippen molar-refractivity contribution >= 4 is 28.9 Å². The van der Waals surface area contributed by atoms with Crippen molar-refractivity contribution in [2.45, 2.75) is 24.5 Å². The number of hydrogen-bond donors (Lipinski definition) is 6. The molecule has 1 aromatic carbocycles. The number of primary amides is 1. The number of phenols is 1. The first-order valence-electron chi connectivity index (χ1n) is 11.2. The molecule has 4 atom stereocenters. The van der Waals surface area contributed by atoms with Crippen molar-refractivity contribution in [2.75, 3.05) is 19.8 Å². The van der Waals surface area contributed by atoms with Crippen LogP contribution in [0.2, 0.25) is 0 Å². The summed E-state index contributed by atoms with van der Waals surface area (Å²) in [7, 11) is 3.09. The smallest absolute Gasteiger partial charge is 0.255 e. The second kappa shape index (κ2) is 7.70. The number of likely N-dealkylation sites (N-methyl/N-ethyl adjacent to an activating group) is 1. The monoisotopic (exact) mass is 495 g/mol. The Morgan fingerprint density at radius 1 is 1.22 bits per heavy atom. The fourth-order valence-corrected chi connectivity index (χ4v) is 6.01. The van der Waals surface area contributed by atoms with Crippen molar-refractivity contribution < 1.29 is 39.2 Å². The van der Waals surface area contributed by atoms with Crippen molar-refractivity contribution in [1.29, 1.82) is 0 Å². The van der Waals surface area contributed by atoms with Gasteiger partial charge in [0.1, 0.15) is 22.8 Å². The summed E-state index contributed by atoms with van der Waals surface area (Å²) in [5.74, 6) is -7.15. The maximum atomic E-state index is 13.8. The largest absolute Gasteiger partial charge is 0.508 e. The number of aliphatic hydroxyl groups is 3. The van der Waals surface area contributed by atoms with Crippen LogP contribution >= 0.6 is 0 Å². The van der Waals surface area contributed by atoms with E-state index in [9.17, 15) is 34.8 Å². The van der Waals surface area contributed by atoms with Crippen LogP contribution in [0.25, 0.3) is 16.9 Å². The van der Waals surface area contributed by atoms with Crippen molar-refractivity contribution in [1.82, 2.24) is 4.90 Å². The quantitative estimate of drug-likeness (QED) is 0.201. The van der Waals surface area contributed by atoms with E-state index in [1.54, 1.807) is 26.2 Å². The van der Waals surface area contributed by atoms with Gasteiger partial charge in [-0.2, -0.15) is 0 Å². The van der Waals surface area contributed by atoms with Gasteiger partial charge >= 0.3 is 0 Å². The molecule has 0 unspecified atom stereocenters. The number of aliphatic hydroxyl groups excluding tert-OH is 2. The summed E-state index contributed by atoms with van der Waals surface area (Å²) in [6.07, 6.45) is 3.09. The first kappa shape index (κ1) is 23.6. The summed E-state index contributed by atoms with van der Waals surface area (Å²) in [5, 5.41) is 44.5. The van der Waals surface area contributed by atoms with Crippen LogP contribution in [0, 0.1) is 11.8 Å². The van der Waals surface area contributed by atoms with Gasteiger partial charge in [0, 0.05) is 17.1 Å². The van der Waals surface area contributed by atoms with E-state index < -0.39 is 63.8 Å². The molecule has 5 rings (SSSR count). The minimum atomic E-state index is -2.69. The number of Topliss-reactive ketones (excluding diaryl/α,β-unsaturated/α-hetero) is 2. The Hall–Kier alpha value is -4.09. The summed E-state index contributed by atoms with van der Waals surface area (Å²) < 4.78 is 5.18. The minimum absolute atomic E-state index is 0.00171. The molecule has 1 aromatic heterocycles. The number of nitrogen functional groups attached to an aromatic ring is 1. The lowest BCUT2D eigenvalue weighted by Crippen LogP contribution is -2.65. The fraction of sp³-hybridized carbons (Fsp3) is 0.320. The normalized spacial score (nSPS) is 27.7. The number of ketones is 2. The zero-order valence-corrected chi connectivity index (χ0v) is 19.5. The Morgan fingerprint density at radius 3 is 2.50 bits per heavy atom. The molecule has 0 saturated heterocycles. The van der Waals surface area contributed by atoms with Gasteiger partial charge in [-0.3, -0.25) is 19.3 Å². The number of benzene rings is 1. The molecule has 11 nitrogen and oxygen atoms in total.